The zero-order chi connectivity index (χ0) is 11.6. The van der Waals surface area contributed by atoms with Gasteiger partial charge in [0.05, 0.1) is 0 Å². The molecular formula is C14H22ClN. The fraction of sp³-hybridized carbons (Fsp3) is 0.571. The molecule has 0 radical (unpaired) electrons. The van der Waals surface area contributed by atoms with E-state index in [1.165, 1.54) is 31.2 Å². The molecule has 0 spiro atoms. The van der Waals surface area contributed by atoms with Crippen molar-refractivity contribution in [2.45, 2.75) is 39.0 Å². The lowest BCUT2D eigenvalue weighted by molar-refractivity contribution is 0.599. The summed E-state index contributed by atoms with van der Waals surface area (Å²) in [7, 11) is 0. The van der Waals surface area contributed by atoms with Crippen molar-refractivity contribution in [3.8, 4) is 0 Å². The molecule has 0 saturated carbocycles. The predicted molar refractivity (Wildman–Crippen MR) is 72.2 cm³/mol. The van der Waals surface area contributed by atoms with Crippen LogP contribution in [0.25, 0.3) is 0 Å². The summed E-state index contributed by atoms with van der Waals surface area (Å²) in [5, 5.41) is 4.29. The van der Waals surface area contributed by atoms with Crippen molar-refractivity contribution < 1.29 is 0 Å². The Morgan fingerprint density at radius 3 is 2.44 bits per heavy atom. The van der Waals surface area contributed by atoms with Crippen LogP contribution in [0.5, 0.6) is 0 Å². The molecule has 1 aromatic carbocycles. The highest BCUT2D eigenvalue weighted by molar-refractivity contribution is 6.30. The van der Waals surface area contributed by atoms with Gasteiger partial charge in [0.2, 0.25) is 0 Å². The lowest BCUT2D eigenvalue weighted by Crippen LogP contribution is -2.18. The Kier molecular flexibility index (Phi) is 7.28. The molecule has 0 aliphatic heterocycles. The average molecular weight is 240 g/mol. The highest BCUT2D eigenvalue weighted by Gasteiger charge is 1.93. The second-order valence-corrected chi connectivity index (χ2v) is 4.62. The van der Waals surface area contributed by atoms with Gasteiger partial charge in [0, 0.05) is 5.02 Å². The maximum Gasteiger partial charge on any atom is 0.0406 e. The Morgan fingerprint density at radius 2 is 1.75 bits per heavy atom. The summed E-state index contributed by atoms with van der Waals surface area (Å²) in [5.74, 6) is 0. The largest absolute Gasteiger partial charge is 0.316 e. The first-order chi connectivity index (χ1) is 7.83. The monoisotopic (exact) mass is 239 g/mol. The smallest absolute Gasteiger partial charge is 0.0406 e. The summed E-state index contributed by atoms with van der Waals surface area (Å²) in [6.07, 6.45) is 6.41. The zero-order valence-corrected chi connectivity index (χ0v) is 10.9. The molecule has 1 nitrogen and oxygen atoms in total. The summed E-state index contributed by atoms with van der Waals surface area (Å²) in [5.41, 5.74) is 1.35. The van der Waals surface area contributed by atoms with Crippen LogP contribution in [0.3, 0.4) is 0 Å². The van der Waals surface area contributed by atoms with Crippen molar-refractivity contribution in [1.82, 2.24) is 5.32 Å². The molecule has 0 atom stereocenters. The number of halogens is 1. The molecule has 0 unspecified atom stereocenters. The summed E-state index contributed by atoms with van der Waals surface area (Å²) in [4.78, 5) is 0. The van der Waals surface area contributed by atoms with Crippen LogP contribution in [0.1, 0.15) is 38.2 Å². The van der Waals surface area contributed by atoms with Crippen LogP contribution in [0, 0.1) is 0 Å². The molecule has 90 valence electrons. The first-order valence-corrected chi connectivity index (χ1v) is 6.66. The highest BCUT2D eigenvalue weighted by atomic mass is 35.5. The maximum absolute atomic E-state index is 5.83. The van der Waals surface area contributed by atoms with E-state index in [0.29, 0.717) is 0 Å². The van der Waals surface area contributed by atoms with Crippen molar-refractivity contribution in [2.75, 3.05) is 13.1 Å². The molecule has 1 aromatic rings. The number of rotatable bonds is 8. The van der Waals surface area contributed by atoms with Gasteiger partial charge in [-0.3, -0.25) is 0 Å². The van der Waals surface area contributed by atoms with Gasteiger partial charge in [-0.05, 0) is 43.6 Å². The Labute approximate surface area is 104 Å². The molecule has 0 heterocycles. The van der Waals surface area contributed by atoms with Gasteiger partial charge in [0.25, 0.3) is 0 Å². The number of nitrogens with one attached hydrogen (secondary N) is 1. The van der Waals surface area contributed by atoms with Gasteiger partial charge in [-0.1, -0.05) is 49.9 Å². The SMILES string of the molecule is CCCCCCNCCc1ccc(Cl)cc1. The normalized spacial score (nSPS) is 10.6. The zero-order valence-electron chi connectivity index (χ0n) is 10.1. The van der Waals surface area contributed by atoms with E-state index >= 15 is 0 Å². The minimum Gasteiger partial charge on any atom is -0.316 e. The first-order valence-electron chi connectivity index (χ1n) is 6.28. The lowest BCUT2D eigenvalue weighted by atomic mass is 10.1. The van der Waals surface area contributed by atoms with Gasteiger partial charge in [0.1, 0.15) is 0 Å². The molecule has 0 amide bonds. The topological polar surface area (TPSA) is 12.0 Å². The fourth-order valence-corrected chi connectivity index (χ4v) is 1.81. The molecule has 2 heteroatoms. The molecule has 0 fully saturated rings. The van der Waals surface area contributed by atoms with Crippen molar-refractivity contribution in [2.24, 2.45) is 0 Å². The fourth-order valence-electron chi connectivity index (χ4n) is 1.69. The van der Waals surface area contributed by atoms with Crippen LogP contribution in [-0.4, -0.2) is 13.1 Å². The molecule has 0 aromatic heterocycles. The number of hydrogen-bond acceptors (Lipinski definition) is 1. The van der Waals surface area contributed by atoms with Crippen LogP contribution in [0.2, 0.25) is 5.02 Å². The molecule has 1 N–H and O–H groups in total. The van der Waals surface area contributed by atoms with E-state index in [9.17, 15) is 0 Å². The van der Waals surface area contributed by atoms with Gasteiger partial charge in [0.15, 0.2) is 0 Å². The maximum atomic E-state index is 5.83. The van der Waals surface area contributed by atoms with Crippen LogP contribution in [0.15, 0.2) is 24.3 Å². The van der Waals surface area contributed by atoms with Crippen LogP contribution in [-0.2, 0) is 6.42 Å². The number of benzene rings is 1. The molecule has 0 aliphatic rings. The minimum atomic E-state index is 0.816. The summed E-state index contributed by atoms with van der Waals surface area (Å²) in [6.45, 7) is 4.45. The summed E-state index contributed by atoms with van der Waals surface area (Å²) >= 11 is 5.83. The molecule has 1 rings (SSSR count). The number of unbranched alkanes of at least 4 members (excludes halogenated alkanes) is 3. The van der Waals surface area contributed by atoms with E-state index in [-0.39, 0.29) is 0 Å². The van der Waals surface area contributed by atoms with E-state index in [1.807, 2.05) is 12.1 Å². The first kappa shape index (κ1) is 13.5. The Hall–Kier alpha value is -0.530. The van der Waals surface area contributed by atoms with Crippen molar-refractivity contribution in [3.05, 3.63) is 34.9 Å². The van der Waals surface area contributed by atoms with E-state index in [1.54, 1.807) is 0 Å². The molecule has 0 bridgehead atoms. The highest BCUT2D eigenvalue weighted by Crippen LogP contribution is 2.09. The second-order valence-electron chi connectivity index (χ2n) is 4.19. The minimum absolute atomic E-state index is 0.816. The van der Waals surface area contributed by atoms with Crippen molar-refractivity contribution >= 4 is 11.6 Å². The van der Waals surface area contributed by atoms with Crippen LogP contribution < -0.4 is 5.32 Å². The summed E-state index contributed by atoms with van der Waals surface area (Å²) in [6, 6.07) is 8.11. The van der Waals surface area contributed by atoms with Gasteiger partial charge in [-0.25, -0.2) is 0 Å². The van der Waals surface area contributed by atoms with E-state index < -0.39 is 0 Å². The van der Waals surface area contributed by atoms with Gasteiger partial charge in [-0.2, -0.15) is 0 Å². The number of hydrogen-bond donors (Lipinski definition) is 1. The predicted octanol–water partition coefficient (Wildman–Crippen LogP) is 4.05. The third-order valence-corrected chi connectivity index (χ3v) is 2.96. The van der Waals surface area contributed by atoms with E-state index in [2.05, 4.69) is 24.4 Å². The Morgan fingerprint density at radius 1 is 1.00 bits per heavy atom. The molecule has 0 saturated heterocycles. The second kappa shape index (κ2) is 8.60. The third-order valence-electron chi connectivity index (χ3n) is 2.71. The molecular weight excluding hydrogens is 218 g/mol. The van der Waals surface area contributed by atoms with E-state index in [0.717, 1.165) is 24.5 Å². The van der Waals surface area contributed by atoms with Gasteiger partial charge in [-0.15, -0.1) is 0 Å². The van der Waals surface area contributed by atoms with Gasteiger partial charge >= 0.3 is 0 Å². The Bertz CT molecular complexity index is 269. The molecule has 16 heavy (non-hydrogen) atoms. The van der Waals surface area contributed by atoms with Crippen LogP contribution >= 0.6 is 11.6 Å². The Balaban J connectivity index is 2.01. The quantitative estimate of drug-likeness (QED) is 0.675. The summed E-state index contributed by atoms with van der Waals surface area (Å²) < 4.78 is 0. The molecule has 0 aliphatic carbocycles. The van der Waals surface area contributed by atoms with Crippen LogP contribution in [0.4, 0.5) is 0 Å². The van der Waals surface area contributed by atoms with Crippen molar-refractivity contribution in [1.29, 1.82) is 0 Å². The van der Waals surface area contributed by atoms with Crippen molar-refractivity contribution in [3.63, 3.8) is 0 Å². The standard InChI is InChI=1S/C14H22ClN/c1-2-3-4-5-11-16-12-10-13-6-8-14(15)9-7-13/h6-9,16H,2-5,10-12H2,1H3. The van der Waals surface area contributed by atoms with E-state index in [4.69, 9.17) is 11.6 Å². The lowest BCUT2D eigenvalue weighted by Gasteiger charge is -2.04. The van der Waals surface area contributed by atoms with Gasteiger partial charge < -0.3 is 5.32 Å². The third kappa shape index (κ3) is 6.14. The average Bonchev–Trinajstić information content (AvgIpc) is 2.30.